The quantitative estimate of drug-likeness (QED) is 0.712. The van der Waals surface area contributed by atoms with Gasteiger partial charge >= 0.3 is 0 Å². The zero-order valence-corrected chi connectivity index (χ0v) is 10.8. The molecule has 4 nitrogen and oxygen atoms in total. The molecule has 1 aliphatic carbocycles. The van der Waals surface area contributed by atoms with Gasteiger partial charge in [0, 0.05) is 20.1 Å². The maximum Gasteiger partial charge on any atom is 0.220 e. The van der Waals surface area contributed by atoms with Gasteiger partial charge < -0.3 is 15.2 Å². The highest BCUT2D eigenvalue weighted by Gasteiger charge is 2.18. The van der Waals surface area contributed by atoms with Crippen LogP contribution in [0.2, 0.25) is 0 Å². The number of hydrogen-bond acceptors (Lipinski definition) is 3. The lowest BCUT2D eigenvalue weighted by Crippen LogP contribution is -2.39. The molecule has 100 valence electrons. The van der Waals surface area contributed by atoms with Gasteiger partial charge in [0.15, 0.2) is 0 Å². The van der Waals surface area contributed by atoms with Crippen LogP contribution in [0.1, 0.15) is 44.9 Å². The molecular formula is C13H25NO3. The average molecular weight is 243 g/mol. The average Bonchev–Trinajstić information content (AvgIpc) is 2.35. The number of aliphatic hydroxyl groups is 1. The van der Waals surface area contributed by atoms with Gasteiger partial charge in [0.2, 0.25) is 5.91 Å². The molecule has 4 heteroatoms. The number of nitrogens with one attached hydrogen (secondary N) is 1. The number of amides is 1. The van der Waals surface area contributed by atoms with E-state index >= 15 is 0 Å². The van der Waals surface area contributed by atoms with Crippen molar-refractivity contribution >= 4 is 5.91 Å². The van der Waals surface area contributed by atoms with E-state index in [-0.39, 0.29) is 18.6 Å². The summed E-state index contributed by atoms with van der Waals surface area (Å²) in [6.45, 7) is 0.550. The highest BCUT2D eigenvalue weighted by Crippen LogP contribution is 2.26. The predicted octanol–water partition coefficient (Wildman–Crippen LogP) is 1.47. The first-order valence-electron chi connectivity index (χ1n) is 6.65. The molecule has 0 heterocycles. The Hall–Kier alpha value is -0.610. The van der Waals surface area contributed by atoms with Crippen LogP contribution in [-0.2, 0) is 9.53 Å². The highest BCUT2D eigenvalue weighted by atomic mass is 16.5. The number of rotatable bonds is 7. The van der Waals surface area contributed by atoms with Crippen molar-refractivity contribution in [2.24, 2.45) is 5.92 Å². The first-order valence-corrected chi connectivity index (χ1v) is 6.65. The molecule has 17 heavy (non-hydrogen) atoms. The van der Waals surface area contributed by atoms with Crippen molar-refractivity contribution in [2.75, 3.05) is 20.3 Å². The van der Waals surface area contributed by atoms with E-state index in [1.54, 1.807) is 7.11 Å². The Bertz CT molecular complexity index is 215. The van der Waals surface area contributed by atoms with E-state index in [1.165, 1.54) is 32.1 Å². The lowest BCUT2D eigenvalue weighted by atomic mass is 9.87. The first kappa shape index (κ1) is 14.5. The summed E-state index contributed by atoms with van der Waals surface area (Å²) in [5.74, 6) is 0.623. The molecule has 1 rings (SSSR count). The Labute approximate surface area is 104 Å². The van der Waals surface area contributed by atoms with Crippen LogP contribution in [0.3, 0.4) is 0 Å². The molecule has 0 spiro atoms. The second kappa shape index (κ2) is 8.48. The van der Waals surface area contributed by atoms with E-state index in [2.05, 4.69) is 5.32 Å². The summed E-state index contributed by atoms with van der Waals surface area (Å²) in [4.78, 5) is 11.8. The standard InChI is InChI=1S/C13H25NO3/c1-17-8-7-12(10-15)14-13(16)9-11-5-3-2-4-6-11/h11-12,15H,2-10H2,1H3,(H,14,16). The first-order chi connectivity index (χ1) is 8.26. The summed E-state index contributed by atoms with van der Waals surface area (Å²) < 4.78 is 4.94. The van der Waals surface area contributed by atoms with Gasteiger partial charge in [0.05, 0.1) is 12.6 Å². The number of methoxy groups -OCH3 is 1. The monoisotopic (exact) mass is 243 g/mol. The number of aliphatic hydroxyl groups excluding tert-OH is 1. The summed E-state index contributed by atoms with van der Waals surface area (Å²) >= 11 is 0. The lowest BCUT2D eigenvalue weighted by molar-refractivity contribution is -0.123. The fraction of sp³-hybridized carbons (Fsp3) is 0.923. The second-order valence-corrected chi connectivity index (χ2v) is 4.94. The van der Waals surface area contributed by atoms with Crippen LogP contribution in [0.25, 0.3) is 0 Å². The van der Waals surface area contributed by atoms with Crippen LogP contribution in [0, 0.1) is 5.92 Å². The van der Waals surface area contributed by atoms with Gasteiger partial charge in [-0.05, 0) is 25.2 Å². The Morgan fingerprint density at radius 2 is 2.12 bits per heavy atom. The van der Waals surface area contributed by atoms with Crippen molar-refractivity contribution in [1.82, 2.24) is 5.32 Å². The van der Waals surface area contributed by atoms with Crippen LogP contribution in [-0.4, -0.2) is 37.4 Å². The van der Waals surface area contributed by atoms with Gasteiger partial charge in [-0.2, -0.15) is 0 Å². The summed E-state index contributed by atoms with van der Waals surface area (Å²) in [5.41, 5.74) is 0. The van der Waals surface area contributed by atoms with Gasteiger partial charge in [-0.25, -0.2) is 0 Å². The third-order valence-corrected chi connectivity index (χ3v) is 3.45. The molecule has 2 N–H and O–H groups in total. The molecular weight excluding hydrogens is 218 g/mol. The van der Waals surface area contributed by atoms with E-state index in [1.807, 2.05) is 0 Å². The van der Waals surface area contributed by atoms with Crippen LogP contribution >= 0.6 is 0 Å². The van der Waals surface area contributed by atoms with E-state index in [4.69, 9.17) is 9.84 Å². The van der Waals surface area contributed by atoms with Gasteiger partial charge in [-0.1, -0.05) is 19.3 Å². The number of carbonyl (C=O) groups excluding carboxylic acids is 1. The second-order valence-electron chi connectivity index (χ2n) is 4.94. The molecule has 0 aromatic rings. The van der Waals surface area contributed by atoms with Crippen LogP contribution < -0.4 is 5.32 Å². The molecule has 0 aromatic heterocycles. The minimum absolute atomic E-state index is 0.0141. The maximum atomic E-state index is 11.8. The van der Waals surface area contributed by atoms with Crippen LogP contribution in [0.15, 0.2) is 0 Å². The van der Waals surface area contributed by atoms with Crippen LogP contribution in [0.4, 0.5) is 0 Å². The normalized spacial score (nSPS) is 18.9. The van der Waals surface area contributed by atoms with E-state index in [0.717, 1.165) is 0 Å². The zero-order chi connectivity index (χ0) is 12.5. The largest absolute Gasteiger partial charge is 0.394 e. The third-order valence-electron chi connectivity index (χ3n) is 3.45. The SMILES string of the molecule is COCCC(CO)NC(=O)CC1CCCCC1. The molecule has 1 saturated carbocycles. The molecule has 1 amide bonds. The minimum Gasteiger partial charge on any atom is -0.394 e. The van der Waals surface area contributed by atoms with Crippen molar-refractivity contribution < 1.29 is 14.6 Å². The molecule has 0 bridgehead atoms. The lowest BCUT2D eigenvalue weighted by Gasteiger charge is -2.22. The summed E-state index contributed by atoms with van der Waals surface area (Å²) in [5, 5.41) is 12.0. The van der Waals surface area contributed by atoms with Gasteiger partial charge in [0.1, 0.15) is 0 Å². The van der Waals surface area contributed by atoms with E-state index in [9.17, 15) is 4.79 Å². The molecule has 1 aliphatic rings. The Morgan fingerprint density at radius 1 is 1.41 bits per heavy atom. The molecule has 0 saturated heterocycles. The molecule has 0 radical (unpaired) electrons. The minimum atomic E-state index is -0.161. The van der Waals surface area contributed by atoms with E-state index < -0.39 is 0 Å². The molecule has 1 unspecified atom stereocenters. The summed E-state index contributed by atoms with van der Waals surface area (Å²) in [6.07, 6.45) is 7.46. The molecule has 0 aromatic carbocycles. The smallest absolute Gasteiger partial charge is 0.220 e. The third kappa shape index (κ3) is 6.03. The Morgan fingerprint density at radius 3 is 2.71 bits per heavy atom. The van der Waals surface area contributed by atoms with Gasteiger partial charge in [0.25, 0.3) is 0 Å². The fourth-order valence-electron chi connectivity index (χ4n) is 2.41. The molecule has 1 atom stereocenters. The Balaban J connectivity index is 2.21. The topological polar surface area (TPSA) is 58.6 Å². The van der Waals surface area contributed by atoms with Gasteiger partial charge in [-0.15, -0.1) is 0 Å². The highest BCUT2D eigenvalue weighted by molar-refractivity contribution is 5.76. The summed E-state index contributed by atoms with van der Waals surface area (Å²) in [6, 6.07) is -0.161. The maximum absolute atomic E-state index is 11.8. The molecule has 0 aliphatic heterocycles. The van der Waals surface area contributed by atoms with Crippen molar-refractivity contribution in [3.8, 4) is 0 Å². The van der Waals surface area contributed by atoms with Crippen molar-refractivity contribution in [3.05, 3.63) is 0 Å². The summed E-state index contributed by atoms with van der Waals surface area (Å²) in [7, 11) is 1.62. The molecule has 1 fully saturated rings. The number of carbonyl (C=O) groups is 1. The Kier molecular flexibility index (Phi) is 7.21. The van der Waals surface area contributed by atoms with Crippen molar-refractivity contribution in [3.63, 3.8) is 0 Å². The van der Waals surface area contributed by atoms with Crippen LogP contribution in [0.5, 0.6) is 0 Å². The number of hydrogen-bond donors (Lipinski definition) is 2. The predicted molar refractivity (Wildman–Crippen MR) is 66.7 cm³/mol. The van der Waals surface area contributed by atoms with Crippen molar-refractivity contribution in [2.45, 2.75) is 51.0 Å². The number of ether oxygens (including phenoxy) is 1. The van der Waals surface area contributed by atoms with Crippen molar-refractivity contribution in [1.29, 1.82) is 0 Å². The van der Waals surface area contributed by atoms with Gasteiger partial charge in [-0.3, -0.25) is 4.79 Å². The fourth-order valence-corrected chi connectivity index (χ4v) is 2.41. The van der Waals surface area contributed by atoms with E-state index in [0.29, 0.717) is 25.4 Å². The zero-order valence-electron chi connectivity index (χ0n) is 10.8.